The summed E-state index contributed by atoms with van der Waals surface area (Å²) in [5, 5.41) is 5.66. The van der Waals surface area contributed by atoms with Crippen molar-refractivity contribution in [2.45, 2.75) is 40.7 Å². The molecule has 1 aliphatic rings. The van der Waals surface area contributed by atoms with Gasteiger partial charge in [-0.25, -0.2) is 4.98 Å². The van der Waals surface area contributed by atoms with E-state index in [-0.39, 0.29) is 5.91 Å². The summed E-state index contributed by atoms with van der Waals surface area (Å²) < 4.78 is 0. The van der Waals surface area contributed by atoms with E-state index in [1.54, 1.807) is 0 Å². The van der Waals surface area contributed by atoms with Gasteiger partial charge in [0.25, 0.3) is 5.91 Å². The summed E-state index contributed by atoms with van der Waals surface area (Å²) in [5.74, 6) is 1.39. The molecule has 1 fully saturated rings. The molecule has 1 aromatic carbocycles. The third-order valence-corrected chi connectivity index (χ3v) is 5.68. The van der Waals surface area contributed by atoms with Crippen molar-refractivity contribution in [3.05, 3.63) is 46.0 Å². The van der Waals surface area contributed by atoms with Gasteiger partial charge in [-0.1, -0.05) is 19.9 Å². The molecule has 1 N–H and O–H groups in total. The molecule has 0 radical (unpaired) electrons. The van der Waals surface area contributed by atoms with Crippen molar-refractivity contribution in [3.8, 4) is 0 Å². The number of anilines is 1. The van der Waals surface area contributed by atoms with Crippen molar-refractivity contribution >= 4 is 22.4 Å². The zero-order chi connectivity index (χ0) is 18.0. The number of thiazole rings is 1. The van der Waals surface area contributed by atoms with Gasteiger partial charge in [0.1, 0.15) is 0 Å². The minimum atomic E-state index is -0.0933. The van der Waals surface area contributed by atoms with Crippen molar-refractivity contribution in [2.75, 3.05) is 18.4 Å². The number of rotatable bonds is 4. The molecule has 0 spiro atoms. The van der Waals surface area contributed by atoms with Gasteiger partial charge in [-0.15, -0.1) is 11.3 Å². The smallest absolute Gasteiger partial charge is 0.257 e. The van der Waals surface area contributed by atoms with Crippen LogP contribution in [0, 0.1) is 25.7 Å². The van der Waals surface area contributed by atoms with Crippen LogP contribution in [0.5, 0.6) is 0 Å². The Bertz CT molecular complexity index is 745. The first-order valence-electron chi connectivity index (χ1n) is 8.96. The molecule has 2 aromatic rings. The number of carbonyl (C=O) groups is 1. The molecular formula is C20H27N3OS. The van der Waals surface area contributed by atoms with E-state index in [1.165, 1.54) is 23.3 Å². The number of hydrogen-bond donors (Lipinski definition) is 1. The van der Waals surface area contributed by atoms with E-state index in [0.29, 0.717) is 10.7 Å². The topological polar surface area (TPSA) is 45.2 Å². The third-order valence-electron chi connectivity index (χ3n) is 4.87. The number of benzene rings is 1. The summed E-state index contributed by atoms with van der Waals surface area (Å²) in [4.78, 5) is 19.5. The van der Waals surface area contributed by atoms with Crippen LogP contribution < -0.4 is 5.32 Å². The fourth-order valence-electron chi connectivity index (χ4n) is 3.64. The zero-order valence-electron chi connectivity index (χ0n) is 15.5. The first-order chi connectivity index (χ1) is 11.9. The summed E-state index contributed by atoms with van der Waals surface area (Å²) in [6.45, 7) is 11.8. The largest absolute Gasteiger partial charge is 0.298 e. The van der Waals surface area contributed by atoms with Crippen LogP contribution >= 0.6 is 11.3 Å². The average Bonchev–Trinajstić information content (AvgIpc) is 2.95. The maximum atomic E-state index is 12.4. The molecule has 0 saturated carbocycles. The molecule has 2 heterocycles. The molecule has 25 heavy (non-hydrogen) atoms. The Morgan fingerprint density at radius 1 is 1.24 bits per heavy atom. The number of aryl methyl sites for hydroxylation is 2. The number of aromatic nitrogens is 1. The minimum absolute atomic E-state index is 0.0933. The number of piperidine rings is 1. The lowest BCUT2D eigenvalue weighted by Gasteiger charge is -2.34. The monoisotopic (exact) mass is 357 g/mol. The Balaban J connectivity index is 1.61. The molecule has 1 aliphatic heterocycles. The van der Waals surface area contributed by atoms with E-state index in [1.807, 2.05) is 32.0 Å². The van der Waals surface area contributed by atoms with Crippen LogP contribution in [0.3, 0.4) is 0 Å². The molecule has 3 rings (SSSR count). The molecule has 0 bridgehead atoms. The summed E-state index contributed by atoms with van der Waals surface area (Å²) >= 11 is 1.50. The summed E-state index contributed by atoms with van der Waals surface area (Å²) in [6, 6.07) is 5.77. The second-order valence-corrected chi connectivity index (χ2v) is 8.40. The summed E-state index contributed by atoms with van der Waals surface area (Å²) in [7, 11) is 0. The van der Waals surface area contributed by atoms with E-state index >= 15 is 0 Å². The van der Waals surface area contributed by atoms with Gasteiger partial charge in [-0.3, -0.25) is 15.0 Å². The molecule has 1 amide bonds. The second-order valence-electron chi connectivity index (χ2n) is 7.54. The average molecular weight is 358 g/mol. The molecule has 5 heteroatoms. The lowest BCUT2D eigenvalue weighted by molar-refractivity contribution is 0.102. The van der Waals surface area contributed by atoms with E-state index in [4.69, 9.17) is 0 Å². The Hall–Kier alpha value is -1.72. The first kappa shape index (κ1) is 18.1. The zero-order valence-corrected chi connectivity index (χ0v) is 16.3. The van der Waals surface area contributed by atoms with E-state index in [0.717, 1.165) is 42.7 Å². The maximum Gasteiger partial charge on any atom is 0.257 e. The third kappa shape index (κ3) is 4.67. The Morgan fingerprint density at radius 3 is 2.64 bits per heavy atom. The van der Waals surface area contributed by atoms with Crippen molar-refractivity contribution < 1.29 is 4.79 Å². The van der Waals surface area contributed by atoms with Crippen molar-refractivity contribution in [2.24, 2.45) is 11.8 Å². The van der Waals surface area contributed by atoms with Crippen LogP contribution in [-0.2, 0) is 6.54 Å². The quantitative estimate of drug-likeness (QED) is 0.877. The SMILES string of the molecule is Cc1ccc(C(=O)Nc2nc(CN3CC(C)CC(C)C3)cs2)cc1C. The van der Waals surface area contributed by atoms with E-state index in [9.17, 15) is 4.79 Å². The van der Waals surface area contributed by atoms with Gasteiger partial charge < -0.3 is 0 Å². The van der Waals surface area contributed by atoms with Gasteiger partial charge in [0.2, 0.25) is 0 Å². The number of likely N-dealkylation sites (tertiary alicyclic amines) is 1. The van der Waals surface area contributed by atoms with Gasteiger partial charge in [0, 0.05) is 30.6 Å². The number of carbonyl (C=O) groups excluding carboxylic acids is 1. The predicted molar refractivity (Wildman–Crippen MR) is 104 cm³/mol. The molecule has 0 aliphatic carbocycles. The van der Waals surface area contributed by atoms with Crippen molar-refractivity contribution in [3.63, 3.8) is 0 Å². The normalized spacial score (nSPS) is 21.3. The van der Waals surface area contributed by atoms with Crippen molar-refractivity contribution in [1.29, 1.82) is 0 Å². The highest BCUT2D eigenvalue weighted by Gasteiger charge is 2.22. The summed E-state index contributed by atoms with van der Waals surface area (Å²) in [5.41, 5.74) is 4.04. The number of amides is 1. The van der Waals surface area contributed by atoms with Gasteiger partial charge in [0.15, 0.2) is 5.13 Å². The second kappa shape index (κ2) is 7.67. The lowest BCUT2D eigenvalue weighted by Crippen LogP contribution is -2.38. The lowest BCUT2D eigenvalue weighted by atomic mass is 9.92. The molecule has 4 nitrogen and oxygen atoms in total. The first-order valence-corrected chi connectivity index (χ1v) is 9.84. The fraction of sp³-hybridized carbons (Fsp3) is 0.500. The van der Waals surface area contributed by atoms with Crippen LogP contribution in [0.2, 0.25) is 0 Å². The van der Waals surface area contributed by atoms with E-state index < -0.39 is 0 Å². The highest BCUT2D eigenvalue weighted by molar-refractivity contribution is 7.13. The summed E-state index contributed by atoms with van der Waals surface area (Å²) in [6.07, 6.45) is 1.31. The highest BCUT2D eigenvalue weighted by Crippen LogP contribution is 2.24. The minimum Gasteiger partial charge on any atom is -0.298 e. The Labute approximate surface area is 154 Å². The molecule has 2 atom stereocenters. The predicted octanol–water partition coefficient (Wildman–Crippen LogP) is 4.49. The van der Waals surface area contributed by atoms with E-state index in [2.05, 4.69) is 34.4 Å². The number of nitrogens with one attached hydrogen (secondary N) is 1. The van der Waals surface area contributed by atoms with Gasteiger partial charge in [-0.05, 0) is 55.4 Å². The molecule has 1 aromatic heterocycles. The van der Waals surface area contributed by atoms with Crippen LogP contribution in [0.25, 0.3) is 0 Å². The van der Waals surface area contributed by atoms with Crippen LogP contribution in [0.1, 0.15) is 47.4 Å². The van der Waals surface area contributed by atoms with Crippen LogP contribution in [0.15, 0.2) is 23.6 Å². The number of nitrogens with zero attached hydrogens (tertiary/aromatic N) is 2. The molecule has 2 unspecified atom stereocenters. The van der Waals surface area contributed by atoms with Gasteiger partial charge in [-0.2, -0.15) is 0 Å². The maximum absolute atomic E-state index is 12.4. The van der Waals surface area contributed by atoms with Gasteiger partial charge >= 0.3 is 0 Å². The molecule has 134 valence electrons. The Kier molecular flexibility index (Phi) is 5.54. The van der Waals surface area contributed by atoms with Crippen LogP contribution in [-0.4, -0.2) is 28.9 Å². The highest BCUT2D eigenvalue weighted by atomic mass is 32.1. The fourth-order valence-corrected chi connectivity index (χ4v) is 4.34. The number of hydrogen-bond acceptors (Lipinski definition) is 4. The van der Waals surface area contributed by atoms with Crippen LogP contribution in [0.4, 0.5) is 5.13 Å². The van der Waals surface area contributed by atoms with Gasteiger partial charge in [0.05, 0.1) is 5.69 Å². The molecular weight excluding hydrogens is 330 g/mol. The van der Waals surface area contributed by atoms with Crippen molar-refractivity contribution in [1.82, 2.24) is 9.88 Å². The molecule has 1 saturated heterocycles. The Morgan fingerprint density at radius 2 is 1.96 bits per heavy atom. The standard InChI is InChI=1S/C20H27N3OS/c1-13-7-14(2)10-23(9-13)11-18-12-25-20(21-18)22-19(24)17-6-5-15(3)16(4)8-17/h5-6,8,12-14H,7,9-11H2,1-4H3,(H,21,22,24).